The van der Waals surface area contributed by atoms with E-state index >= 15 is 0 Å². The van der Waals surface area contributed by atoms with Crippen LogP contribution in [0.25, 0.3) is 0 Å². The minimum absolute atomic E-state index is 0.0235. The Balaban J connectivity index is 2.02. The van der Waals surface area contributed by atoms with Gasteiger partial charge in [0.15, 0.2) is 5.16 Å². The Morgan fingerprint density at radius 3 is 2.64 bits per heavy atom. The molecule has 0 bridgehead atoms. The Morgan fingerprint density at radius 1 is 1.36 bits per heavy atom. The smallest absolute Gasteiger partial charge is 0.231 e. The van der Waals surface area contributed by atoms with Gasteiger partial charge >= 0.3 is 0 Å². The van der Waals surface area contributed by atoms with Gasteiger partial charge < -0.3 is 9.88 Å². The molecule has 0 spiro atoms. The minimum atomic E-state index is -0.870. The molecule has 0 aliphatic rings. The van der Waals surface area contributed by atoms with E-state index in [2.05, 4.69) is 21.6 Å². The van der Waals surface area contributed by atoms with Crippen LogP contribution in [0.2, 0.25) is 0 Å². The molecular formula is C18H23N5OS. The van der Waals surface area contributed by atoms with Crippen molar-refractivity contribution in [2.24, 2.45) is 5.92 Å². The number of nitriles is 1. The summed E-state index contributed by atoms with van der Waals surface area (Å²) in [6.07, 6.45) is 0. The maximum atomic E-state index is 12.2. The predicted octanol–water partition coefficient (Wildman–Crippen LogP) is 2.78. The van der Waals surface area contributed by atoms with E-state index in [4.69, 9.17) is 0 Å². The summed E-state index contributed by atoms with van der Waals surface area (Å²) in [7, 11) is 0. The Labute approximate surface area is 152 Å². The van der Waals surface area contributed by atoms with Gasteiger partial charge in [-0.25, -0.2) is 0 Å². The highest BCUT2D eigenvalue weighted by Crippen LogP contribution is 2.20. The molecule has 0 aliphatic carbocycles. The second-order valence-corrected chi connectivity index (χ2v) is 7.35. The zero-order valence-electron chi connectivity index (χ0n) is 15.0. The molecule has 1 atom stereocenters. The van der Waals surface area contributed by atoms with Crippen molar-refractivity contribution in [3.63, 3.8) is 0 Å². The van der Waals surface area contributed by atoms with Gasteiger partial charge in [-0.15, -0.1) is 10.2 Å². The average Bonchev–Trinajstić information content (AvgIpc) is 2.94. The standard InChI is InChI=1S/C18H23N5OS/c1-13(2)18(4,12-19)20-16(24)11-25-17-22-21-14(3)23(17)10-15-8-6-5-7-9-15/h5-9,13H,10-11H2,1-4H3,(H,20,24). The van der Waals surface area contributed by atoms with Gasteiger partial charge in [0.25, 0.3) is 0 Å². The largest absolute Gasteiger partial charge is 0.337 e. The van der Waals surface area contributed by atoms with Crippen molar-refractivity contribution in [1.29, 1.82) is 5.26 Å². The van der Waals surface area contributed by atoms with Crippen LogP contribution in [0.5, 0.6) is 0 Å². The van der Waals surface area contributed by atoms with Crippen molar-refractivity contribution >= 4 is 17.7 Å². The third kappa shape index (κ3) is 4.83. The predicted molar refractivity (Wildman–Crippen MR) is 98.0 cm³/mol. The van der Waals surface area contributed by atoms with Crippen molar-refractivity contribution in [3.8, 4) is 6.07 Å². The first-order valence-corrected chi connectivity index (χ1v) is 9.13. The number of amides is 1. The highest BCUT2D eigenvalue weighted by Gasteiger charge is 2.30. The number of hydrogen-bond donors (Lipinski definition) is 1. The summed E-state index contributed by atoms with van der Waals surface area (Å²) < 4.78 is 1.99. The zero-order chi connectivity index (χ0) is 18.4. The normalized spacial score (nSPS) is 13.3. The first kappa shape index (κ1) is 19.0. The molecule has 0 saturated heterocycles. The Hall–Kier alpha value is -2.33. The van der Waals surface area contributed by atoms with E-state index in [0.29, 0.717) is 11.7 Å². The number of aryl methyl sites for hydroxylation is 1. The van der Waals surface area contributed by atoms with Gasteiger partial charge in [0.05, 0.1) is 18.4 Å². The third-order valence-electron chi connectivity index (χ3n) is 4.20. The maximum absolute atomic E-state index is 12.2. The van der Waals surface area contributed by atoms with Crippen LogP contribution in [-0.4, -0.2) is 32.0 Å². The van der Waals surface area contributed by atoms with E-state index in [-0.39, 0.29) is 17.6 Å². The average molecular weight is 357 g/mol. The molecular weight excluding hydrogens is 334 g/mol. The number of aromatic nitrogens is 3. The molecule has 7 heteroatoms. The molecule has 1 amide bonds. The van der Waals surface area contributed by atoms with E-state index in [0.717, 1.165) is 11.4 Å². The monoisotopic (exact) mass is 357 g/mol. The topological polar surface area (TPSA) is 83.6 Å². The molecule has 2 aromatic rings. The first-order chi connectivity index (χ1) is 11.9. The van der Waals surface area contributed by atoms with Gasteiger partial charge in [0.1, 0.15) is 11.4 Å². The minimum Gasteiger partial charge on any atom is -0.337 e. The highest BCUT2D eigenvalue weighted by molar-refractivity contribution is 7.99. The molecule has 1 aromatic carbocycles. The van der Waals surface area contributed by atoms with E-state index in [1.165, 1.54) is 11.8 Å². The molecule has 25 heavy (non-hydrogen) atoms. The van der Waals surface area contributed by atoms with Crippen molar-refractivity contribution in [3.05, 3.63) is 41.7 Å². The summed E-state index contributed by atoms with van der Waals surface area (Å²) in [6, 6.07) is 12.2. The fourth-order valence-corrected chi connectivity index (χ4v) is 2.96. The van der Waals surface area contributed by atoms with Crippen LogP contribution in [0.4, 0.5) is 0 Å². The Morgan fingerprint density at radius 2 is 2.04 bits per heavy atom. The van der Waals surface area contributed by atoms with E-state index in [1.807, 2.05) is 55.7 Å². The molecule has 0 radical (unpaired) electrons. The summed E-state index contributed by atoms with van der Waals surface area (Å²) in [6.45, 7) is 8.12. The molecule has 0 fully saturated rings. The molecule has 6 nitrogen and oxygen atoms in total. The van der Waals surface area contributed by atoms with Crippen LogP contribution in [-0.2, 0) is 11.3 Å². The van der Waals surface area contributed by atoms with Gasteiger partial charge in [0, 0.05) is 0 Å². The number of nitrogens with zero attached hydrogens (tertiary/aromatic N) is 4. The molecule has 1 heterocycles. The highest BCUT2D eigenvalue weighted by atomic mass is 32.2. The van der Waals surface area contributed by atoms with Crippen LogP contribution in [0, 0.1) is 24.2 Å². The molecule has 0 aliphatic heterocycles. The van der Waals surface area contributed by atoms with Gasteiger partial charge in [0.2, 0.25) is 5.91 Å². The number of thioether (sulfide) groups is 1. The lowest BCUT2D eigenvalue weighted by Gasteiger charge is -2.27. The van der Waals surface area contributed by atoms with Crippen LogP contribution in [0.3, 0.4) is 0 Å². The Bertz CT molecular complexity index is 766. The lowest BCUT2D eigenvalue weighted by molar-refractivity contribution is -0.120. The van der Waals surface area contributed by atoms with Crippen LogP contribution >= 0.6 is 11.8 Å². The van der Waals surface area contributed by atoms with Gasteiger partial charge in [-0.2, -0.15) is 5.26 Å². The fraction of sp³-hybridized carbons (Fsp3) is 0.444. The maximum Gasteiger partial charge on any atom is 0.231 e. The lowest BCUT2D eigenvalue weighted by atomic mass is 9.90. The second kappa shape index (κ2) is 8.17. The molecule has 2 rings (SSSR count). The number of hydrogen-bond acceptors (Lipinski definition) is 5. The number of nitrogens with one attached hydrogen (secondary N) is 1. The fourth-order valence-electron chi connectivity index (χ4n) is 2.17. The quantitative estimate of drug-likeness (QED) is 0.770. The number of carbonyl (C=O) groups is 1. The SMILES string of the molecule is Cc1nnc(SCC(=O)NC(C)(C#N)C(C)C)n1Cc1ccccc1. The van der Waals surface area contributed by atoms with Crippen LogP contribution in [0.1, 0.15) is 32.2 Å². The Kier molecular flexibility index (Phi) is 6.21. The number of carbonyl (C=O) groups excluding carboxylic acids is 1. The van der Waals surface area contributed by atoms with Crippen molar-refractivity contribution in [1.82, 2.24) is 20.1 Å². The molecule has 1 aromatic heterocycles. The zero-order valence-corrected chi connectivity index (χ0v) is 15.8. The first-order valence-electron chi connectivity index (χ1n) is 8.14. The molecule has 0 saturated carbocycles. The lowest BCUT2D eigenvalue weighted by Crippen LogP contribution is -2.49. The van der Waals surface area contributed by atoms with Crippen molar-refractivity contribution < 1.29 is 4.79 Å². The summed E-state index contributed by atoms with van der Waals surface area (Å²) >= 11 is 1.33. The van der Waals surface area contributed by atoms with Gasteiger partial charge in [-0.05, 0) is 25.3 Å². The molecule has 1 unspecified atom stereocenters. The summed E-state index contributed by atoms with van der Waals surface area (Å²) in [4.78, 5) is 12.2. The summed E-state index contributed by atoms with van der Waals surface area (Å²) in [5.41, 5.74) is 0.277. The third-order valence-corrected chi connectivity index (χ3v) is 5.17. The van der Waals surface area contributed by atoms with Crippen LogP contribution in [0.15, 0.2) is 35.5 Å². The number of rotatable bonds is 7. The summed E-state index contributed by atoms with van der Waals surface area (Å²) in [5.74, 6) is 0.831. The van der Waals surface area contributed by atoms with Gasteiger partial charge in [-0.3, -0.25) is 4.79 Å². The van der Waals surface area contributed by atoms with Crippen molar-refractivity contribution in [2.75, 3.05) is 5.75 Å². The molecule has 132 valence electrons. The van der Waals surface area contributed by atoms with Gasteiger partial charge in [-0.1, -0.05) is 55.9 Å². The van der Waals surface area contributed by atoms with E-state index in [9.17, 15) is 10.1 Å². The number of benzene rings is 1. The van der Waals surface area contributed by atoms with Crippen molar-refractivity contribution in [2.45, 2.75) is 44.9 Å². The van der Waals surface area contributed by atoms with Crippen LogP contribution < -0.4 is 5.32 Å². The van der Waals surface area contributed by atoms with E-state index in [1.54, 1.807) is 6.92 Å². The second-order valence-electron chi connectivity index (χ2n) is 6.41. The van der Waals surface area contributed by atoms with E-state index < -0.39 is 5.54 Å². The summed E-state index contributed by atoms with van der Waals surface area (Å²) in [5, 5.41) is 21.1. The molecule has 1 N–H and O–H groups in total.